The largest absolute Gasteiger partial charge is 0.316 e. The van der Waals surface area contributed by atoms with Crippen LogP contribution in [0.15, 0.2) is 0 Å². The molecule has 1 unspecified atom stereocenters. The average molecular weight is 236 g/mol. The van der Waals surface area contributed by atoms with Crippen LogP contribution in [0.3, 0.4) is 0 Å². The van der Waals surface area contributed by atoms with Gasteiger partial charge in [-0.15, -0.1) is 10.2 Å². The molecule has 0 aromatic carbocycles. The number of hydrogen-bond acceptors (Lipinski definition) is 3. The van der Waals surface area contributed by atoms with Crippen LogP contribution in [0.25, 0.3) is 0 Å². The molecule has 1 saturated heterocycles. The minimum atomic E-state index is 0.177. The molecule has 1 aliphatic heterocycles. The number of hydrogen-bond donors (Lipinski definition) is 1. The van der Waals surface area contributed by atoms with Gasteiger partial charge in [-0.3, -0.25) is 0 Å². The number of rotatable bonds is 4. The molecule has 0 bridgehead atoms. The summed E-state index contributed by atoms with van der Waals surface area (Å²) in [6.07, 6.45) is 2.31. The van der Waals surface area contributed by atoms with Crippen molar-refractivity contribution in [2.75, 3.05) is 13.1 Å². The quantitative estimate of drug-likeness (QED) is 0.868. The molecule has 17 heavy (non-hydrogen) atoms. The first-order chi connectivity index (χ1) is 8.12. The molecule has 1 aromatic rings. The molecular weight excluding hydrogens is 212 g/mol. The summed E-state index contributed by atoms with van der Waals surface area (Å²) >= 11 is 0. The molecule has 2 rings (SSSR count). The first-order valence-corrected chi connectivity index (χ1v) is 6.73. The van der Waals surface area contributed by atoms with Crippen LogP contribution in [0.4, 0.5) is 0 Å². The maximum Gasteiger partial charge on any atom is 0.140 e. The number of nitrogens with one attached hydrogen (secondary N) is 1. The highest BCUT2D eigenvalue weighted by atomic mass is 15.3. The third-order valence-electron chi connectivity index (χ3n) is 4.12. The van der Waals surface area contributed by atoms with Crippen LogP contribution >= 0.6 is 0 Å². The van der Waals surface area contributed by atoms with Crippen molar-refractivity contribution < 1.29 is 0 Å². The van der Waals surface area contributed by atoms with E-state index in [2.05, 4.69) is 47.8 Å². The van der Waals surface area contributed by atoms with Crippen molar-refractivity contribution in [1.29, 1.82) is 0 Å². The van der Waals surface area contributed by atoms with E-state index in [-0.39, 0.29) is 5.41 Å². The van der Waals surface area contributed by atoms with Gasteiger partial charge in [0.2, 0.25) is 0 Å². The van der Waals surface area contributed by atoms with Gasteiger partial charge in [0.15, 0.2) is 0 Å². The van der Waals surface area contributed by atoms with E-state index in [1.54, 1.807) is 0 Å². The zero-order valence-corrected chi connectivity index (χ0v) is 11.5. The molecule has 1 fully saturated rings. The van der Waals surface area contributed by atoms with Gasteiger partial charge in [-0.1, -0.05) is 20.8 Å². The first kappa shape index (κ1) is 12.6. The predicted molar refractivity (Wildman–Crippen MR) is 69.1 cm³/mol. The van der Waals surface area contributed by atoms with E-state index in [1.165, 1.54) is 12.2 Å². The molecule has 2 heterocycles. The molecule has 0 spiro atoms. The normalized spacial score (nSPS) is 24.8. The Kier molecular flexibility index (Phi) is 3.52. The summed E-state index contributed by atoms with van der Waals surface area (Å²) in [5, 5.41) is 12.3. The molecule has 1 atom stereocenters. The van der Waals surface area contributed by atoms with Gasteiger partial charge in [0.1, 0.15) is 11.6 Å². The van der Waals surface area contributed by atoms with Crippen molar-refractivity contribution in [1.82, 2.24) is 20.1 Å². The van der Waals surface area contributed by atoms with Gasteiger partial charge in [0.25, 0.3) is 0 Å². The lowest BCUT2D eigenvalue weighted by Crippen LogP contribution is -2.38. The molecule has 4 heteroatoms. The molecule has 0 radical (unpaired) electrons. The summed E-state index contributed by atoms with van der Waals surface area (Å²) in [6, 6.07) is 0. The lowest BCUT2D eigenvalue weighted by molar-refractivity contribution is 0.303. The standard InChI is InChI=1S/C13H24N4/c1-5-8-17-11(4)15-16-12(17)13(10(2)3)6-7-14-9-13/h10,14H,5-9H2,1-4H3. The van der Waals surface area contributed by atoms with E-state index in [0.717, 1.165) is 31.9 Å². The highest BCUT2D eigenvalue weighted by Gasteiger charge is 2.42. The van der Waals surface area contributed by atoms with E-state index < -0.39 is 0 Å². The highest BCUT2D eigenvalue weighted by Crippen LogP contribution is 2.37. The molecule has 0 aliphatic carbocycles. The van der Waals surface area contributed by atoms with Crippen LogP contribution in [0.5, 0.6) is 0 Å². The van der Waals surface area contributed by atoms with Crippen molar-refractivity contribution in [3.8, 4) is 0 Å². The Morgan fingerprint density at radius 3 is 2.71 bits per heavy atom. The average Bonchev–Trinajstić information content (AvgIpc) is 2.88. The second-order valence-electron chi connectivity index (χ2n) is 5.46. The molecule has 1 N–H and O–H groups in total. The summed E-state index contributed by atoms with van der Waals surface area (Å²) in [6.45, 7) is 12.0. The minimum Gasteiger partial charge on any atom is -0.316 e. The van der Waals surface area contributed by atoms with Crippen molar-refractivity contribution >= 4 is 0 Å². The smallest absolute Gasteiger partial charge is 0.140 e. The van der Waals surface area contributed by atoms with Gasteiger partial charge in [-0.05, 0) is 32.2 Å². The second kappa shape index (κ2) is 4.77. The van der Waals surface area contributed by atoms with Gasteiger partial charge in [-0.2, -0.15) is 0 Å². The topological polar surface area (TPSA) is 42.7 Å². The zero-order valence-electron chi connectivity index (χ0n) is 11.5. The van der Waals surface area contributed by atoms with Crippen LogP contribution in [-0.4, -0.2) is 27.9 Å². The van der Waals surface area contributed by atoms with E-state index >= 15 is 0 Å². The monoisotopic (exact) mass is 236 g/mol. The molecule has 0 amide bonds. The van der Waals surface area contributed by atoms with E-state index in [1.807, 2.05) is 0 Å². The fraction of sp³-hybridized carbons (Fsp3) is 0.846. The Hall–Kier alpha value is -0.900. The maximum atomic E-state index is 4.48. The van der Waals surface area contributed by atoms with Gasteiger partial charge in [-0.25, -0.2) is 0 Å². The van der Waals surface area contributed by atoms with Crippen molar-refractivity contribution in [2.45, 2.75) is 52.5 Å². The fourth-order valence-corrected chi connectivity index (χ4v) is 2.89. The lowest BCUT2D eigenvalue weighted by atomic mass is 9.75. The molecular formula is C13H24N4. The molecule has 1 aromatic heterocycles. The number of aryl methyl sites for hydroxylation is 1. The van der Waals surface area contributed by atoms with Crippen LogP contribution in [0.1, 0.15) is 45.3 Å². The number of nitrogens with zero attached hydrogens (tertiary/aromatic N) is 3. The third kappa shape index (κ3) is 1.99. The van der Waals surface area contributed by atoms with Gasteiger partial charge in [0, 0.05) is 18.5 Å². The second-order valence-corrected chi connectivity index (χ2v) is 5.46. The number of aromatic nitrogens is 3. The summed E-state index contributed by atoms with van der Waals surface area (Å²) in [7, 11) is 0. The van der Waals surface area contributed by atoms with Gasteiger partial charge >= 0.3 is 0 Å². The molecule has 4 nitrogen and oxygen atoms in total. The van der Waals surface area contributed by atoms with Crippen LogP contribution in [0, 0.1) is 12.8 Å². The molecule has 0 saturated carbocycles. The Bertz CT molecular complexity index is 375. The first-order valence-electron chi connectivity index (χ1n) is 6.73. The fourth-order valence-electron chi connectivity index (χ4n) is 2.89. The Morgan fingerprint density at radius 1 is 1.41 bits per heavy atom. The van der Waals surface area contributed by atoms with Gasteiger partial charge in [0.05, 0.1) is 0 Å². The SMILES string of the molecule is CCCn1c(C)nnc1C1(C(C)C)CCNC1. The van der Waals surface area contributed by atoms with Crippen molar-refractivity contribution in [3.05, 3.63) is 11.6 Å². The maximum absolute atomic E-state index is 4.48. The van der Waals surface area contributed by atoms with E-state index in [0.29, 0.717) is 5.92 Å². The zero-order chi connectivity index (χ0) is 12.5. The lowest BCUT2D eigenvalue weighted by Gasteiger charge is -2.32. The van der Waals surface area contributed by atoms with Crippen LogP contribution in [-0.2, 0) is 12.0 Å². The molecule has 1 aliphatic rings. The third-order valence-corrected chi connectivity index (χ3v) is 4.12. The Balaban J connectivity index is 2.43. The predicted octanol–water partition coefficient (Wildman–Crippen LogP) is 1.88. The molecule has 96 valence electrons. The van der Waals surface area contributed by atoms with Crippen molar-refractivity contribution in [2.24, 2.45) is 5.92 Å². The summed E-state index contributed by atoms with van der Waals surface area (Å²) in [5.74, 6) is 2.84. The highest BCUT2D eigenvalue weighted by molar-refractivity contribution is 5.16. The van der Waals surface area contributed by atoms with Crippen molar-refractivity contribution in [3.63, 3.8) is 0 Å². The summed E-state index contributed by atoms with van der Waals surface area (Å²) < 4.78 is 2.31. The summed E-state index contributed by atoms with van der Waals surface area (Å²) in [4.78, 5) is 0. The van der Waals surface area contributed by atoms with Crippen LogP contribution in [0.2, 0.25) is 0 Å². The Morgan fingerprint density at radius 2 is 2.18 bits per heavy atom. The van der Waals surface area contributed by atoms with E-state index in [4.69, 9.17) is 0 Å². The van der Waals surface area contributed by atoms with E-state index in [9.17, 15) is 0 Å². The Labute approximate surface area is 104 Å². The minimum absolute atomic E-state index is 0.177. The van der Waals surface area contributed by atoms with Crippen LogP contribution < -0.4 is 5.32 Å². The summed E-state index contributed by atoms with van der Waals surface area (Å²) in [5.41, 5.74) is 0.177. The van der Waals surface area contributed by atoms with Gasteiger partial charge < -0.3 is 9.88 Å².